The smallest absolute Gasteiger partial charge is 0.475 e. The highest BCUT2D eigenvalue weighted by Crippen LogP contribution is 2.32. The maximum absolute atomic E-state index is 10.6. The summed E-state index contributed by atoms with van der Waals surface area (Å²) in [4.78, 5) is 29.6. The van der Waals surface area contributed by atoms with E-state index in [1.807, 2.05) is 12.3 Å². The second-order valence-corrected chi connectivity index (χ2v) is 7.59. The predicted molar refractivity (Wildman–Crippen MR) is 112 cm³/mol. The van der Waals surface area contributed by atoms with E-state index in [0.717, 1.165) is 31.3 Å². The summed E-state index contributed by atoms with van der Waals surface area (Å²) in [6.07, 6.45) is -3.06. The second-order valence-electron chi connectivity index (χ2n) is 7.59. The first-order valence-electron chi connectivity index (χ1n) is 10.8. The van der Waals surface area contributed by atoms with Crippen LogP contribution < -0.4 is 5.32 Å². The molecule has 0 radical (unpaired) electrons. The Labute approximate surface area is 202 Å². The van der Waals surface area contributed by atoms with Gasteiger partial charge in [0.15, 0.2) is 0 Å². The van der Waals surface area contributed by atoms with Gasteiger partial charge in [0, 0.05) is 32.4 Å². The zero-order chi connectivity index (χ0) is 27.4. The number of aliphatic carboxylic acids is 2. The molecule has 0 bridgehead atoms. The molecule has 2 aliphatic rings. The van der Waals surface area contributed by atoms with Crippen LogP contribution in [0.1, 0.15) is 37.5 Å². The molecule has 0 spiro atoms. The second kappa shape index (κ2) is 14.7. The zero-order valence-corrected chi connectivity index (χ0v) is 19.3. The molecular formula is C20H28F6N4O6. The summed E-state index contributed by atoms with van der Waals surface area (Å²) in [5, 5.41) is 17.5. The number of hydrogen-bond donors (Lipinski definition) is 3. The Kier molecular flexibility index (Phi) is 12.8. The standard InChI is InChI=1S/C16H26N4O2.2C2HF3O2/c1-21-10-8-17-15-6-7-18-16(19-15)14-12-22-11-9-20(14)13-4-2-3-5-13;2*3-2(4,5)1(6)7/h6-7,13-14H,2-5,8-12H2,1H3,(H,17,18,19);2*(H,6,7). The van der Waals surface area contributed by atoms with E-state index in [9.17, 15) is 26.3 Å². The van der Waals surface area contributed by atoms with E-state index in [2.05, 4.69) is 15.2 Å². The maximum atomic E-state index is 10.6. The van der Waals surface area contributed by atoms with Gasteiger partial charge in [0.2, 0.25) is 0 Å². The van der Waals surface area contributed by atoms with E-state index >= 15 is 0 Å². The molecular weight excluding hydrogens is 506 g/mol. The van der Waals surface area contributed by atoms with E-state index in [1.54, 1.807) is 7.11 Å². The summed E-state index contributed by atoms with van der Waals surface area (Å²) >= 11 is 0. The molecule has 0 aromatic carbocycles. The van der Waals surface area contributed by atoms with Crippen LogP contribution in [-0.4, -0.2) is 95.4 Å². The molecule has 3 rings (SSSR count). The minimum Gasteiger partial charge on any atom is -0.475 e. The van der Waals surface area contributed by atoms with Gasteiger partial charge in [0.1, 0.15) is 11.6 Å². The number of methoxy groups -OCH3 is 1. The Morgan fingerprint density at radius 1 is 1.14 bits per heavy atom. The molecule has 1 unspecified atom stereocenters. The first-order valence-corrected chi connectivity index (χ1v) is 10.8. The van der Waals surface area contributed by atoms with Crippen LogP contribution in [0.3, 0.4) is 0 Å². The van der Waals surface area contributed by atoms with Crippen molar-refractivity contribution in [2.45, 2.75) is 50.1 Å². The summed E-state index contributed by atoms with van der Waals surface area (Å²) in [6.45, 7) is 3.91. The molecule has 2 fully saturated rings. The van der Waals surface area contributed by atoms with Crippen LogP contribution in [0.5, 0.6) is 0 Å². The zero-order valence-electron chi connectivity index (χ0n) is 19.3. The Balaban J connectivity index is 0.000000383. The summed E-state index contributed by atoms with van der Waals surface area (Å²) in [6, 6.07) is 2.76. The van der Waals surface area contributed by atoms with Gasteiger partial charge < -0.3 is 25.0 Å². The summed E-state index contributed by atoms with van der Waals surface area (Å²) < 4.78 is 74.2. The lowest BCUT2D eigenvalue weighted by molar-refractivity contribution is -0.193. The van der Waals surface area contributed by atoms with Gasteiger partial charge in [-0.15, -0.1) is 0 Å². The highest BCUT2D eigenvalue weighted by atomic mass is 19.4. The minimum absolute atomic E-state index is 0.182. The number of aromatic nitrogens is 2. The summed E-state index contributed by atoms with van der Waals surface area (Å²) in [7, 11) is 1.70. The Bertz CT molecular complexity index is 797. The predicted octanol–water partition coefficient (Wildman–Crippen LogP) is 3.12. The topological polar surface area (TPSA) is 134 Å². The van der Waals surface area contributed by atoms with Crippen molar-refractivity contribution in [1.29, 1.82) is 0 Å². The van der Waals surface area contributed by atoms with Crippen LogP contribution in [0.25, 0.3) is 0 Å². The van der Waals surface area contributed by atoms with Gasteiger partial charge in [-0.2, -0.15) is 26.3 Å². The molecule has 0 amide bonds. The monoisotopic (exact) mass is 534 g/mol. The lowest BCUT2D eigenvalue weighted by Gasteiger charge is -2.38. The number of carboxylic acids is 2. The highest BCUT2D eigenvalue weighted by molar-refractivity contribution is 5.73. The van der Waals surface area contributed by atoms with Crippen molar-refractivity contribution in [3.63, 3.8) is 0 Å². The third kappa shape index (κ3) is 11.3. The van der Waals surface area contributed by atoms with Crippen molar-refractivity contribution in [3.8, 4) is 0 Å². The number of alkyl halides is 6. The molecule has 3 N–H and O–H groups in total. The normalized spacial score (nSPS) is 18.9. The number of hydrogen-bond acceptors (Lipinski definition) is 8. The van der Waals surface area contributed by atoms with E-state index in [-0.39, 0.29) is 6.04 Å². The summed E-state index contributed by atoms with van der Waals surface area (Å²) in [5.74, 6) is -3.78. The third-order valence-electron chi connectivity index (χ3n) is 5.03. The number of carbonyl (C=O) groups is 2. The van der Waals surface area contributed by atoms with Crippen molar-refractivity contribution < 1.29 is 55.6 Å². The third-order valence-corrected chi connectivity index (χ3v) is 5.03. The number of anilines is 1. The van der Waals surface area contributed by atoms with Gasteiger partial charge in [-0.25, -0.2) is 19.6 Å². The van der Waals surface area contributed by atoms with Crippen LogP contribution in [0.2, 0.25) is 0 Å². The van der Waals surface area contributed by atoms with Gasteiger partial charge in [0.05, 0.1) is 25.9 Å². The average Bonchev–Trinajstić information content (AvgIpc) is 3.34. The van der Waals surface area contributed by atoms with Gasteiger partial charge in [0.25, 0.3) is 0 Å². The first-order chi connectivity index (χ1) is 16.8. The molecule has 1 atom stereocenters. The quantitative estimate of drug-likeness (QED) is 0.369. The van der Waals surface area contributed by atoms with E-state index in [0.29, 0.717) is 19.3 Å². The van der Waals surface area contributed by atoms with Crippen molar-refractivity contribution in [2.75, 3.05) is 45.3 Å². The fourth-order valence-electron chi connectivity index (χ4n) is 3.43. The number of halogens is 6. The molecule has 10 nitrogen and oxygen atoms in total. The molecule has 2 heterocycles. The molecule has 16 heteroatoms. The Morgan fingerprint density at radius 2 is 1.69 bits per heavy atom. The average molecular weight is 534 g/mol. The van der Waals surface area contributed by atoms with Crippen molar-refractivity contribution in [1.82, 2.24) is 14.9 Å². The molecule has 36 heavy (non-hydrogen) atoms. The van der Waals surface area contributed by atoms with Crippen LogP contribution in [0.15, 0.2) is 12.3 Å². The first kappa shape index (κ1) is 31.3. The molecule has 1 aliphatic heterocycles. The number of ether oxygens (including phenoxy) is 2. The highest BCUT2D eigenvalue weighted by Gasteiger charge is 2.39. The molecule has 206 valence electrons. The van der Waals surface area contributed by atoms with E-state index in [4.69, 9.17) is 34.3 Å². The number of rotatable bonds is 6. The van der Waals surface area contributed by atoms with Crippen molar-refractivity contribution in [2.24, 2.45) is 0 Å². The van der Waals surface area contributed by atoms with Crippen molar-refractivity contribution in [3.05, 3.63) is 18.1 Å². The summed E-state index contributed by atoms with van der Waals surface area (Å²) in [5.41, 5.74) is 0. The van der Waals surface area contributed by atoms with E-state index < -0.39 is 24.3 Å². The number of nitrogens with one attached hydrogen (secondary N) is 1. The largest absolute Gasteiger partial charge is 0.490 e. The molecule has 1 aromatic rings. The molecule has 1 aromatic heterocycles. The van der Waals surface area contributed by atoms with Gasteiger partial charge in [-0.1, -0.05) is 12.8 Å². The Hall–Kier alpha value is -2.72. The van der Waals surface area contributed by atoms with Gasteiger partial charge in [-0.05, 0) is 18.9 Å². The molecule has 1 saturated carbocycles. The SMILES string of the molecule is COCCNc1ccnc(C2COCCN2C2CCCC2)n1.O=C(O)C(F)(F)F.O=C(O)C(F)(F)F. The minimum atomic E-state index is -5.08. The molecule has 1 saturated heterocycles. The number of nitrogens with zero attached hydrogens (tertiary/aromatic N) is 3. The van der Waals surface area contributed by atoms with Crippen LogP contribution in [0.4, 0.5) is 32.2 Å². The van der Waals surface area contributed by atoms with Gasteiger partial charge >= 0.3 is 24.3 Å². The van der Waals surface area contributed by atoms with E-state index in [1.165, 1.54) is 25.7 Å². The van der Waals surface area contributed by atoms with Crippen LogP contribution in [-0.2, 0) is 19.1 Å². The number of carboxylic acid groups (broad SMARTS) is 2. The maximum Gasteiger partial charge on any atom is 0.490 e. The Morgan fingerprint density at radius 3 is 2.19 bits per heavy atom. The number of morpholine rings is 1. The lowest BCUT2D eigenvalue weighted by atomic mass is 10.1. The van der Waals surface area contributed by atoms with Gasteiger partial charge in [-0.3, -0.25) is 4.90 Å². The van der Waals surface area contributed by atoms with Crippen LogP contribution >= 0.6 is 0 Å². The lowest BCUT2D eigenvalue weighted by Crippen LogP contribution is -2.45. The fourth-order valence-corrected chi connectivity index (χ4v) is 3.43. The fraction of sp³-hybridized carbons (Fsp3) is 0.700. The van der Waals surface area contributed by atoms with Crippen LogP contribution in [0, 0.1) is 0 Å². The molecule has 1 aliphatic carbocycles. The van der Waals surface area contributed by atoms with Crippen molar-refractivity contribution >= 4 is 17.8 Å².